The fourth-order valence-electron chi connectivity index (χ4n) is 1.71. The maximum absolute atomic E-state index is 11.5. The number of aryl methyl sites for hydroxylation is 2. The molecule has 5 nitrogen and oxygen atoms in total. The van der Waals surface area contributed by atoms with E-state index in [1.54, 1.807) is 4.68 Å². The molecule has 0 saturated heterocycles. The molecule has 16 heavy (non-hydrogen) atoms. The molecule has 0 fully saturated rings. The van der Waals surface area contributed by atoms with Crippen LogP contribution in [0.15, 0.2) is 6.20 Å². The second kappa shape index (κ2) is 5.12. The Bertz CT molecular complexity index is 370. The third-order valence-electron chi connectivity index (χ3n) is 2.40. The van der Waals surface area contributed by atoms with Gasteiger partial charge < -0.3 is 11.1 Å². The van der Waals surface area contributed by atoms with Crippen LogP contribution in [0.25, 0.3) is 0 Å². The molecule has 2 unspecified atom stereocenters. The summed E-state index contributed by atoms with van der Waals surface area (Å²) in [6.07, 6.45) is 2.27. The highest BCUT2D eigenvalue weighted by Crippen LogP contribution is 2.15. The van der Waals surface area contributed by atoms with Crippen molar-refractivity contribution in [1.29, 1.82) is 0 Å². The van der Waals surface area contributed by atoms with Crippen molar-refractivity contribution < 1.29 is 4.79 Å². The maximum Gasteiger partial charge on any atom is 0.222 e. The third-order valence-corrected chi connectivity index (χ3v) is 2.40. The second-order valence-electron chi connectivity index (χ2n) is 4.31. The highest BCUT2D eigenvalue weighted by Gasteiger charge is 2.14. The number of hydrogen-bond donors (Lipinski definition) is 2. The standard InChI is InChI=1S/C11H20N4O/c1-7(12)5-11(16)13-8(2)10-6-15(4)14-9(10)3/h6-8H,5,12H2,1-4H3,(H,13,16). The molecule has 0 aliphatic heterocycles. The molecule has 1 aromatic heterocycles. The Morgan fingerprint density at radius 3 is 2.69 bits per heavy atom. The van der Waals surface area contributed by atoms with Crippen LogP contribution in [0, 0.1) is 6.92 Å². The first-order valence-electron chi connectivity index (χ1n) is 5.45. The van der Waals surface area contributed by atoms with E-state index in [9.17, 15) is 4.79 Å². The molecule has 3 N–H and O–H groups in total. The van der Waals surface area contributed by atoms with Gasteiger partial charge in [-0.3, -0.25) is 9.48 Å². The van der Waals surface area contributed by atoms with Crippen molar-refractivity contribution in [2.24, 2.45) is 12.8 Å². The summed E-state index contributed by atoms with van der Waals surface area (Å²) < 4.78 is 1.75. The minimum Gasteiger partial charge on any atom is -0.349 e. The quantitative estimate of drug-likeness (QED) is 0.788. The second-order valence-corrected chi connectivity index (χ2v) is 4.31. The number of rotatable bonds is 4. The molecule has 0 radical (unpaired) electrons. The lowest BCUT2D eigenvalue weighted by Gasteiger charge is -2.14. The van der Waals surface area contributed by atoms with Gasteiger partial charge >= 0.3 is 0 Å². The first-order chi connectivity index (χ1) is 7.40. The van der Waals surface area contributed by atoms with Gasteiger partial charge in [0, 0.05) is 31.3 Å². The smallest absolute Gasteiger partial charge is 0.222 e. The fourth-order valence-corrected chi connectivity index (χ4v) is 1.71. The summed E-state index contributed by atoms with van der Waals surface area (Å²) in [4.78, 5) is 11.5. The van der Waals surface area contributed by atoms with E-state index in [2.05, 4.69) is 10.4 Å². The number of aromatic nitrogens is 2. The van der Waals surface area contributed by atoms with E-state index >= 15 is 0 Å². The van der Waals surface area contributed by atoms with Gasteiger partial charge in [-0.2, -0.15) is 5.10 Å². The van der Waals surface area contributed by atoms with Crippen molar-refractivity contribution in [3.63, 3.8) is 0 Å². The van der Waals surface area contributed by atoms with Crippen molar-refractivity contribution in [1.82, 2.24) is 15.1 Å². The Morgan fingerprint density at radius 2 is 2.25 bits per heavy atom. The zero-order valence-electron chi connectivity index (χ0n) is 10.3. The van der Waals surface area contributed by atoms with Gasteiger partial charge in [-0.1, -0.05) is 0 Å². The molecule has 0 saturated carbocycles. The summed E-state index contributed by atoms with van der Waals surface area (Å²) in [6, 6.07) is -0.137. The average Bonchev–Trinajstić information content (AvgIpc) is 2.43. The van der Waals surface area contributed by atoms with Crippen molar-refractivity contribution in [3.8, 4) is 0 Å². The summed E-state index contributed by atoms with van der Waals surface area (Å²) in [5.41, 5.74) is 7.55. The van der Waals surface area contributed by atoms with Gasteiger partial charge in [0.15, 0.2) is 0 Å². The number of carbonyl (C=O) groups is 1. The van der Waals surface area contributed by atoms with Gasteiger partial charge in [0.25, 0.3) is 0 Å². The van der Waals surface area contributed by atoms with E-state index in [-0.39, 0.29) is 18.0 Å². The number of nitrogens with two attached hydrogens (primary N) is 1. The maximum atomic E-state index is 11.5. The van der Waals surface area contributed by atoms with Crippen LogP contribution in [0.4, 0.5) is 0 Å². The van der Waals surface area contributed by atoms with Crippen molar-refractivity contribution in [3.05, 3.63) is 17.5 Å². The molecule has 1 rings (SSSR count). The van der Waals surface area contributed by atoms with Crippen LogP contribution in [-0.4, -0.2) is 21.7 Å². The minimum absolute atomic E-state index is 0.0225. The average molecular weight is 224 g/mol. The molecular formula is C11H20N4O. The molecule has 0 spiro atoms. The van der Waals surface area contributed by atoms with E-state index in [4.69, 9.17) is 5.73 Å². The molecular weight excluding hydrogens is 204 g/mol. The largest absolute Gasteiger partial charge is 0.349 e. The molecule has 5 heteroatoms. The van der Waals surface area contributed by atoms with Gasteiger partial charge in [-0.25, -0.2) is 0 Å². The molecule has 0 aliphatic rings. The Labute approximate surface area is 96.0 Å². The monoisotopic (exact) mass is 224 g/mol. The lowest BCUT2D eigenvalue weighted by Crippen LogP contribution is -2.31. The van der Waals surface area contributed by atoms with Crippen molar-refractivity contribution in [2.45, 2.75) is 39.3 Å². The summed E-state index contributed by atoms with van der Waals surface area (Å²) in [7, 11) is 1.87. The normalized spacial score (nSPS) is 14.6. The van der Waals surface area contributed by atoms with E-state index in [1.807, 2.05) is 34.0 Å². The Hall–Kier alpha value is -1.36. The van der Waals surface area contributed by atoms with E-state index < -0.39 is 0 Å². The zero-order valence-corrected chi connectivity index (χ0v) is 10.3. The highest BCUT2D eigenvalue weighted by molar-refractivity contribution is 5.77. The SMILES string of the molecule is Cc1nn(C)cc1C(C)NC(=O)CC(C)N. The number of amides is 1. The van der Waals surface area contributed by atoms with Crippen LogP contribution in [0.1, 0.15) is 37.6 Å². The first-order valence-corrected chi connectivity index (χ1v) is 5.45. The number of carbonyl (C=O) groups excluding carboxylic acids is 1. The van der Waals surface area contributed by atoms with Gasteiger partial charge in [0.05, 0.1) is 11.7 Å². The Kier molecular flexibility index (Phi) is 4.06. The minimum atomic E-state index is -0.109. The van der Waals surface area contributed by atoms with Crippen LogP contribution in [-0.2, 0) is 11.8 Å². The van der Waals surface area contributed by atoms with Gasteiger partial charge in [-0.15, -0.1) is 0 Å². The first kappa shape index (κ1) is 12.7. The number of nitrogens with one attached hydrogen (secondary N) is 1. The number of hydrogen-bond acceptors (Lipinski definition) is 3. The summed E-state index contributed by atoms with van der Waals surface area (Å²) in [5, 5.41) is 7.15. The van der Waals surface area contributed by atoms with E-state index in [1.165, 1.54) is 0 Å². The van der Waals surface area contributed by atoms with Crippen LogP contribution in [0.2, 0.25) is 0 Å². The molecule has 0 aliphatic carbocycles. The van der Waals surface area contributed by atoms with E-state index in [0.717, 1.165) is 11.3 Å². The van der Waals surface area contributed by atoms with Crippen LogP contribution >= 0.6 is 0 Å². The predicted molar refractivity (Wildman–Crippen MR) is 62.8 cm³/mol. The van der Waals surface area contributed by atoms with Crippen LogP contribution in [0.5, 0.6) is 0 Å². The van der Waals surface area contributed by atoms with Crippen LogP contribution < -0.4 is 11.1 Å². The molecule has 0 bridgehead atoms. The molecule has 0 aromatic carbocycles. The number of nitrogens with zero attached hydrogens (tertiary/aromatic N) is 2. The summed E-state index contributed by atoms with van der Waals surface area (Å²) >= 11 is 0. The van der Waals surface area contributed by atoms with E-state index in [0.29, 0.717) is 6.42 Å². The molecule has 1 aromatic rings. The summed E-state index contributed by atoms with van der Waals surface area (Å²) in [6.45, 7) is 5.70. The third kappa shape index (κ3) is 3.34. The molecule has 90 valence electrons. The van der Waals surface area contributed by atoms with Gasteiger partial charge in [0.1, 0.15) is 0 Å². The highest BCUT2D eigenvalue weighted by atomic mass is 16.1. The Balaban J connectivity index is 2.62. The fraction of sp³-hybridized carbons (Fsp3) is 0.636. The zero-order chi connectivity index (χ0) is 12.3. The molecule has 1 heterocycles. The summed E-state index contributed by atoms with van der Waals surface area (Å²) in [5.74, 6) is -0.0225. The van der Waals surface area contributed by atoms with Gasteiger partial charge in [0.2, 0.25) is 5.91 Å². The Morgan fingerprint density at radius 1 is 1.62 bits per heavy atom. The van der Waals surface area contributed by atoms with Crippen molar-refractivity contribution >= 4 is 5.91 Å². The van der Waals surface area contributed by atoms with Gasteiger partial charge in [-0.05, 0) is 20.8 Å². The lowest BCUT2D eigenvalue weighted by molar-refractivity contribution is -0.122. The predicted octanol–water partition coefficient (Wildman–Crippen LogP) is 0.643. The molecule has 1 amide bonds. The topological polar surface area (TPSA) is 72.9 Å². The van der Waals surface area contributed by atoms with Crippen LogP contribution in [0.3, 0.4) is 0 Å². The lowest BCUT2D eigenvalue weighted by atomic mass is 10.1. The molecule has 2 atom stereocenters. The van der Waals surface area contributed by atoms with Crippen molar-refractivity contribution in [2.75, 3.05) is 0 Å².